The van der Waals surface area contributed by atoms with Gasteiger partial charge in [-0.15, -0.1) is 0 Å². The lowest BCUT2D eigenvalue weighted by Crippen LogP contribution is -2.40. The second-order valence-corrected chi connectivity index (χ2v) is 11.9. The van der Waals surface area contributed by atoms with Crippen molar-refractivity contribution in [2.45, 2.75) is 86.0 Å². The maximum atomic E-state index is 13.5. The van der Waals surface area contributed by atoms with Crippen molar-refractivity contribution in [3.63, 3.8) is 0 Å². The number of benzene rings is 1. The van der Waals surface area contributed by atoms with Crippen LogP contribution in [0, 0.1) is 6.92 Å². The van der Waals surface area contributed by atoms with Gasteiger partial charge in [-0.3, -0.25) is 4.68 Å². The first-order chi connectivity index (χ1) is 18.0. The van der Waals surface area contributed by atoms with E-state index in [-0.39, 0.29) is 12.6 Å². The molecule has 1 amide bonds. The third-order valence-corrected chi connectivity index (χ3v) is 6.26. The molecule has 0 fully saturated rings. The Morgan fingerprint density at radius 2 is 1.67 bits per heavy atom. The van der Waals surface area contributed by atoms with Crippen LogP contribution in [-0.2, 0) is 26.2 Å². The van der Waals surface area contributed by atoms with Gasteiger partial charge in [-0.05, 0) is 66.2 Å². The number of rotatable bonds is 10. The van der Waals surface area contributed by atoms with E-state index in [0.717, 1.165) is 28.3 Å². The largest absolute Gasteiger partial charge is 0.497 e. The predicted molar refractivity (Wildman–Crippen MR) is 154 cm³/mol. The van der Waals surface area contributed by atoms with Crippen LogP contribution in [0.3, 0.4) is 0 Å². The number of hydrogen-bond donors (Lipinski definition) is 1. The maximum Gasteiger partial charge on any atom is 0.407 e. The van der Waals surface area contributed by atoms with Gasteiger partial charge in [0.2, 0.25) is 0 Å². The van der Waals surface area contributed by atoms with Crippen LogP contribution in [0.2, 0.25) is 0 Å². The van der Waals surface area contributed by atoms with Crippen molar-refractivity contribution in [2.24, 2.45) is 0 Å². The van der Waals surface area contributed by atoms with Crippen molar-refractivity contribution in [1.82, 2.24) is 20.0 Å². The van der Waals surface area contributed by atoms with E-state index < -0.39 is 23.1 Å². The minimum atomic E-state index is -0.613. The van der Waals surface area contributed by atoms with Crippen molar-refractivity contribution in [3.05, 3.63) is 52.5 Å². The lowest BCUT2D eigenvalue weighted by atomic mass is 9.81. The topological polar surface area (TPSA) is 94.9 Å². The standard InChI is InChI=1S/C30H46N4O5/c1-19(2)38-27(35)24(20(3)33(10)11)26-25(30(8,9)18-31-28(36)39-29(5,6)7)21(4)34(32-26)17-22-13-15-23(37-12)16-14-22/h13-16,19H,17-18H2,1-12H3,(H,31,36)/b24-20-. The zero-order chi connectivity index (χ0) is 29.7. The minimum Gasteiger partial charge on any atom is -0.497 e. The van der Waals surface area contributed by atoms with Crippen LogP contribution in [0.1, 0.15) is 77.9 Å². The Morgan fingerprint density at radius 3 is 2.15 bits per heavy atom. The smallest absolute Gasteiger partial charge is 0.407 e. The van der Waals surface area contributed by atoms with Gasteiger partial charge >= 0.3 is 12.1 Å². The molecule has 0 atom stereocenters. The molecule has 1 heterocycles. The molecule has 39 heavy (non-hydrogen) atoms. The van der Waals surface area contributed by atoms with Crippen molar-refractivity contribution in [3.8, 4) is 5.75 Å². The minimum absolute atomic E-state index is 0.275. The molecular weight excluding hydrogens is 496 g/mol. The van der Waals surface area contributed by atoms with Crippen molar-refractivity contribution in [1.29, 1.82) is 0 Å². The van der Waals surface area contributed by atoms with Crippen molar-refractivity contribution in [2.75, 3.05) is 27.7 Å². The summed E-state index contributed by atoms with van der Waals surface area (Å²) in [7, 11) is 5.40. The normalized spacial score (nSPS) is 12.6. The fourth-order valence-corrected chi connectivity index (χ4v) is 4.20. The summed E-state index contributed by atoms with van der Waals surface area (Å²) in [5.74, 6) is 0.331. The SMILES string of the molecule is COc1ccc(Cn2nc(/C(C(=O)OC(C)C)=C(\C)N(C)C)c(C(C)(C)CNC(=O)OC(C)(C)C)c2C)cc1. The Hall–Kier alpha value is -3.49. The van der Waals surface area contributed by atoms with Gasteiger partial charge in [-0.2, -0.15) is 5.10 Å². The average Bonchev–Trinajstić information content (AvgIpc) is 3.12. The quantitative estimate of drug-likeness (QED) is 0.322. The number of carbonyl (C=O) groups excluding carboxylic acids is 2. The second-order valence-electron chi connectivity index (χ2n) is 11.9. The van der Waals surface area contributed by atoms with Gasteiger partial charge in [0.05, 0.1) is 19.8 Å². The molecule has 216 valence electrons. The number of allylic oxidation sites excluding steroid dienone is 1. The summed E-state index contributed by atoms with van der Waals surface area (Å²) in [5, 5.41) is 7.89. The lowest BCUT2D eigenvalue weighted by molar-refractivity contribution is -0.140. The molecule has 1 aromatic heterocycles. The van der Waals surface area contributed by atoms with Gasteiger partial charge in [-0.1, -0.05) is 26.0 Å². The van der Waals surface area contributed by atoms with Gasteiger partial charge in [0.15, 0.2) is 0 Å². The summed E-state index contributed by atoms with van der Waals surface area (Å²) in [6.45, 7) is 17.8. The molecule has 1 aromatic carbocycles. The van der Waals surface area contributed by atoms with Crippen LogP contribution < -0.4 is 10.1 Å². The zero-order valence-corrected chi connectivity index (χ0v) is 25.7. The third-order valence-electron chi connectivity index (χ3n) is 6.26. The number of aromatic nitrogens is 2. The molecule has 2 aromatic rings. The first kappa shape index (κ1) is 31.7. The fraction of sp³-hybridized carbons (Fsp3) is 0.567. The van der Waals surface area contributed by atoms with E-state index in [1.807, 2.05) is 110 Å². The first-order valence-electron chi connectivity index (χ1n) is 13.2. The molecular formula is C30H46N4O5. The number of ether oxygens (including phenoxy) is 3. The molecule has 0 aliphatic carbocycles. The summed E-state index contributed by atoms with van der Waals surface area (Å²) < 4.78 is 18.3. The molecule has 9 nitrogen and oxygen atoms in total. The Kier molecular flexibility index (Phi) is 10.2. The van der Waals surface area contributed by atoms with E-state index in [9.17, 15) is 9.59 Å². The van der Waals surface area contributed by atoms with Crippen LogP contribution in [0.15, 0.2) is 30.0 Å². The first-order valence-corrected chi connectivity index (χ1v) is 13.2. The van der Waals surface area contributed by atoms with Gasteiger partial charge < -0.3 is 24.4 Å². The molecule has 1 N–H and O–H groups in total. The number of methoxy groups -OCH3 is 1. The number of amides is 1. The molecule has 0 saturated carbocycles. The average molecular weight is 543 g/mol. The molecule has 0 unspecified atom stereocenters. The van der Waals surface area contributed by atoms with Gasteiger partial charge in [0.1, 0.15) is 22.6 Å². The highest BCUT2D eigenvalue weighted by atomic mass is 16.6. The molecule has 0 bridgehead atoms. The molecule has 0 radical (unpaired) electrons. The van der Waals surface area contributed by atoms with Gasteiger partial charge in [-0.25, -0.2) is 9.59 Å². The highest BCUT2D eigenvalue weighted by Crippen LogP contribution is 2.35. The number of alkyl carbamates (subject to hydrolysis) is 1. The lowest BCUT2D eigenvalue weighted by Gasteiger charge is -2.28. The predicted octanol–water partition coefficient (Wildman–Crippen LogP) is 5.29. The fourth-order valence-electron chi connectivity index (χ4n) is 4.20. The van der Waals surface area contributed by atoms with E-state index in [1.165, 1.54) is 0 Å². The van der Waals surface area contributed by atoms with Gasteiger partial charge in [0.25, 0.3) is 0 Å². The van der Waals surface area contributed by atoms with E-state index in [1.54, 1.807) is 7.11 Å². The maximum absolute atomic E-state index is 13.5. The number of nitrogens with zero attached hydrogens (tertiary/aromatic N) is 3. The highest BCUT2D eigenvalue weighted by molar-refractivity contribution is 6.17. The second kappa shape index (κ2) is 12.6. The van der Waals surface area contributed by atoms with E-state index in [2.05, 4.69) is 5.32 Å². The Balaban J connectivity index is 2.68. The van der Waals surface area contributed by atoms with Crippen LogP contribution in [-0.4, -0.2) is 66.2 Å². The summed E-state index contributed by atoms with van der Waals surface area (Å²) in [5.41, 5.74) is 3.21. The number of carbonyl (C=O) groups is 2. The number of esters is 1. The summed E-state index contributed by atoms with van der Waals surface area (Å²) in [6, 6.07) is 7.80. The Labute approximate surface area is 233 Å². The van der Waals surface area contributed by atoms with E-state index >= 15 is 0 Å². The summed E-state index contributed by atoms with van der Waals surface area (Å²) >= 11 is 0. The molecule has 2 rings (SSSR count). The molecule has 0 aliphatic rings. The van der Waals surface area contributed by atoms with Crippen LogP contribution >= 0.6 is 0 Å². The summed E-state index contributed by atoms with van der Waals surface area (Å²) in [4.78, 5) is 27.9. The zero-order valence-electron chi connectivity index (χ0n) is 25.7. The van der Waals surface area contributed by atoms with Crippen molar-refractivity contribution < 1.29 is 23.8 Å². The molecule has 9 heteroatoms. The van der Waals surface area contributed by atoms with Crippen LogP contribution in [0.5, 0.6) is 5.75 Å². The molecule has 0 saturated heterocycles. The third kappa shape index (κ3) is 8.50. The van der Waals surface area contributed by atoms with Crippen molar-refractivity contribution >= 4 is 17.6 Å². The number of hydrogen-bond acceptors (Lipinski definition) is 7. The monoisotopic (exact) mass is 542 g/mol. The van der Waals surface area contributed by atoms with Gasteiger partial charge in [0, 0.05) is 43.0 Å². The van der Waals surface area contributed by atoms with E-state index in [4.69, 9.17) is 19.3 Å². The molecule has 0 aliphatic heterocycles. The van der Waals surface area contributed by atoms with Crippen LogP contribution in [0.25, 0.3) is 5.57 Å². The summed E-state index contributed by atoms with van der Waals surface area (Å²) in [6.07, 6.45) is -0.796. The number of nitrogens with one attached hydrogen (secondary N) is 1. The highest BCUT2D eigenvalue weighted by Gasteiger charge is 2.35. The van der Waals surface area contributed by atoms with Crippen LogP contribution in [0.4, 0.5) is 4.79 Å². The Bertz CT molecular complexity index is 1190. The van der Waals surface area contributed by atoms with E-state index in [0.29, 0.717) is 17.8 Å². The molecule has 0 spiro atoms. The Morgan fingerprint density at radius 1 is 1.08 bits per heavy atom.